The maximum atomic E-state index is 10.4. The molecule has 0 aliphatic carbocycles. The number of esters is 1. The predicted octanol–water partition coefficient (Wildman–Crippen LogP) is 0.527. The fourth-order valence-electron chi connectivity index (χ4n) is 0.332. The van der Waals surface area contributed by atoms with Gasteiger partial charge < -0.3 is 4.74 Å². The van der Waals surface area contributed by atoms with Crippen LogP contribution in [0.4, 0.5) is 0 Å². The van der Waals surface area contributed by atoms with E-state index >= 15 is 0 Å². The van der Waals surface area contributed by atoms with Crippen LogP contribution in [0.25, 0.3) is 0 Å². The minimum Gasteiger partial charge on any atom is -0.455 e. The average molecular weight is 130 g/mol. The molecule has 0 aromatic heterocycles. The quantitative estimate of drug-likeness (QED) is 0.512. The Hall–Kier alpha value is -0.860. The van der Waals surface area contributed by atoms with Crippen molar-refractivity contribution in [2.45, 2.75) is 26.9 Å². The molecule has 0 aliphatic heterocycles. The van der Waals surface area contributed by atoms with Crippen molar-refractivity contribution in [3.63, 3.8) is 0 Å². The van der Waals surface area contributed by atoms with E-state index in [0.29, 0.717) is 0 Å². The molecule has 0 aromatic rings. The molecule has 0 saturated carbocycles. The third kappa shape index (κ3) is 3.70. The average Bonchev–Trinajstić information content (AvgIpc) is 1.63. The minimum atomic E-state index is -0.595. The van der Waals surface area contributed by atoms with Gasteiger partial charge in [-0.05, 0) is 13.8 Å². The molecular formula is C6H10O3. The van der Waals surface area contributed by atoms with Crippen molar-refractivity contribution in [3.05, 3.63) is 0 Å². The molecule has 0 bridgehead atoms. The Kier molecular flexibility index (Phi) is 2.91. The lowest BCUT2D eigenvalue weighted by Gasteiger charge is -2.05. The summed E-state index contributed by atoms with van der Waals surface area (Å²) in [5, 5.41) is 0. The van der Waals surface area contributed by atoms with Gasteiger partial charge >= 0.3 is 5.97 Å². The fraction of sp³-hybridized carbons (Fsp3) is 0.667. The normalized spacial score (nSPS) is 12.3. The number of rotatable bonds is 2. The highest BCUT2D eigenvalue weighted by molar-refractivity contribution is 5.82. The van der Waals surface area contributed by atoms with Crippen molar-refractivity contribution in [1.82, 2.24) is 0 Å². The zero-order chi connectivity index (χ0) is 7.44. The van der Waals surface area contributed by atoms with Gasteiger partial charge in [-0.25, -0.2) is 0 Å². The Morgan fingerprint density at radius 1 is 1.33 bits per heavy atom. The van der Waals surface area contributed by atoms with Crippen LogP contribution < -0.4 is 0 Å². The van der Waals surface area contributed by atoms with Gasteiger partial charge in [0.2, 0.25) is 0 Å². The molecule has 0 unspecified atom stereocenters. The Morgan fingerprint density at radius 2 is 1.78 bits per heavy atom. The molecule has 0 radical (unpaired) electrons. The summed E-state index contributed by atoms with van der Waals surface area (Å²) in [4.78, 5) is 20.6. The van der Waals surface area contributed by atoms with E-state index in [0.717, 1.165) is 0 Å². The predicted molar refractivity (Wildman–Crippen MR) is 31.9 cm³/mol. The van der Waals surface area contributed by atoms with Gasteiger partial charge in [0.05, 0.1) is 0 Å². The molecule has 0 spiro atoms. The Labute approximate surface area is 54.0 Å². The van der Waals surface area contributed by atoms with Gasteiger partial charge in [-0.2, -0.15) is 0 Å². The number of ketones is 1. The van der Waals surface area contributed by atoms with Crippen molar-refractivity contribution >= 4 is 11.8 Å². The Bertz CT molecular complexity index is 128. The molecule has 52 valence electrons. The van der Waals surface area contributed by atoms with Gasteiger partial charge in [0.1, 0.15) is 0 Å². The highest BCUT2D eigenvalue weighted by Crippen LogP contribution is 1.91. The standard InChI is InChI=1S/C6H10O3/c1-4(7)5(2)9-6(3)8/h5H,1-3H3/t5-/m1/s1. The van der Waals surface area contributed by atoms with Crippen LogP contribution in [0.2, 0.25) is 0 Å². The number of ether oxygens (including phenoxy) is 1. The molecule has 0 heterocycles. The van der Waals surface area contributed by atoms with Crippen molar-refractivity contribution in [3.8, 4) is 0 Å². The first-order chi connectivity index (χ1) is 4.04. The molecule has 3 nitrogen and oxygen atoms in total. The van der Waals surface area contributed by atoms with Crippen LogP contribution >= 0.6 is 0 Å². The monoisotopic (exact) mass is 130 g/mol. The van der Waals surface area contributed by atoms with Gasteiger partial charge in [0.15, 0.2) is 11.9 Å². The molecule has 0 aliphatic rings. The number of hydrogen-bond donors (Lipinski definition) is 0. The van der Waals surface area contributed by atoms with E-state index in [1.165, 1.54) is 13.8 Å². The summed E-state index contributed by atoms with van der Waals surface area (Å²) < 4.78 is 4.52. The summed E-state index contributed by atoms with van der Waals surface area (Å²) in [7, 11) is 0. The summed E-state index contributed by atoms with van der Waals surface area (Å²) in [5.74, 6) is -0.553. The number of Topliss-reactive ketones (excluding diaryl/α,β-unsaturated/α-hetero) is 1. The second-order valence-electron chi connectivity index (χ2n) is 1.86. The fourth-order valence-corrected chi connectivity index (χ4v) is 0.332. The van der Waals surface area contributed by atoms with E-state index < -0.39 is 12.1 Å². The second-order valence-corrected chi connectivity index (χ2v) is 1.86. The first-order valence-electron chi connectivity index (χ1n) is 2.71. The van der Waals surface area contributed by atoms with E-state index in [9.17, 15) is 9.59 Å². The van der Waals surface area contributed by atoms with Gasteiger partial charge in [0.25, 0.3) is 0 Å². The summed E-state index contributed by atoms with van der Waals surface area (Å²) in [6, 6.07) is 0. The zero-order valence-electron chi connectivity index (χ0n) is 5.80. The topological polar surface area (TPSA) is 43.4 Å². The van der Waals surface area contributed by atoms with Crippen LogP contribution in [0.5, 0.6) is 0 Å². The lowest BCUT2D eigenvalue weighted by Crippen LogP contribution is -2.19. The highest BCUT2D eigenvalue weighted by Gasteiger charge is 2.08. The van der Waals surface area contributed by atoms with E-state index in [2.05, 4.69) is 4.74 Å². The minimum absolute atomic E-state index is 0.134. The van der Waals surface area contributed by atoms with Crippen LogP contribution in [0, 0.1) is 0 Å². The molecule has 0 rings (SSSR count). The molecule has 0 N–H and O–H groups in total. The molecule has 0 saturated heterocycles. The largest absolute Gasteiger partial charge is 0.455 e. The van der Waals surface area contributed by atoms with Crippen molar-refractivity contribution < 1.29 is 14.3 Å². The smallest absolute Gasteiger partial charge is 0.303 e. The third-order valence-electron chi connectivity index (χ3n) is 0.915. The number of carbonyl (C=O) groups excluding carboxylic acids is 2. The van der Waals surface area contributed by atoms with Gasteiger partial charge in [0, 0.05) is 6.92 Å². The molecule has 0 aromatic carbocycles. The van der Waals surface area contributed by atoms with E-state index in [-0.39, 0.29) is 5.78 Å². The summed E-state index contributed by atoms with van der Waals surface area (Å²) in [5.41, 5.74) is 0. The highest BCUT2D eigenvalue weighted by atomic mass is 16.5. The van der Waals surface area contributed by atoms with Crippen molar-refractivity contribution in [2.24, 2.45) is 0 Å². The SMILES string of the molecule is CC(=O)O[C@H](C)C(C)=O. The first-order valence-corrected chi connectivity index (χ1v) is 2.71. The lowest BCUT2D eigenvalue weighted by atomic mass is 10.3. The molecule has 0 amide bonds. The summed E-state index contributed by atoms with van der Waals surface area (Å²) in [6.07, 6.45) is -0.595. The zero-order valence-corrected chi connectivity index (χ0v) is 5.80. The van der Waals surface area contributed by atoms with Crippen molar-refractivity contribution in [2.75, 3.05) is 0 Å². The van der Waals surface area contributed by atoms with Crippen LogP contribution in [0.3, 0.4) is 0 Å². The van der Waals surface area contributed by atoms with Crippen LogP contribution in [-0.4, -0.2) is 17.9 Å². The van der Waals surface area contributed by atoms with E-state index in [4.69, 9.17) is 0 Å². The number of hydrogen-bond acceptors (Lipinski definition) is 3. The van der Waals surface area contributed by atoms with E-state index in [1.807, 2.05) is 0 Å². The van der Waals surface area contributed by atoms with Gasteiger partial charge in [-0.1, -0.05) is 0 Å². The molecule has 1 atom stereocenters. The lowest BCUT2D eigenvalue weighted by molar-refractivity contribution is -0.151. The summed E-state index contributed by atoms with van der Waals surface area (Å²) in [6.45, 7) is 4.21. The maximum absolute atomic E-state index is 10.4. The number of carbonyl (C=O) groups is 2. The van der Waals surface area contributed by atoms with Gasteiger partial charge in [-0.3, -0.25) is 9.59 Å². The third-order valence-corrected chi connectivity index (χ3v) is 0.915. The second kappa shape index (κ2) is 3.22. The summed E-state index contributed by atoms with van der Waals surface area (Å²) >= 11 is 0. The molecular weight excluding hydrogens is 120 g/mol. The maximum Gasteiger partial charge on any atom is 0.303 e. The van der Waals surface area contributed by atoms with Crippen molar-refractivity contribution in [1.29, 1.82) is 0 Å². The van der Waals surface area contributed by atoms with Gasteiger partial charge in [-0.15, -0.1) is 0 Å². The van der Waals surface area contributed by atoms with Crippen LogP contribution in [0.1, 0.15) is 20.8 Å². The van der Waals surface area contributed by atoms with Crippen LogP contribution in [0.15, 0.2) is 0 Å². The Morgan fingerprint density at radius 3 is 1.89 bits per heavy atom. The molecule has 3 heteroatoms. The first kappa shape index (κ1) is 8.14. The Balaban J connectivity index is 3.63. The molecule has 0 fully saturated rings. The molecule has 9 heavy (non-hydrogen) atoms. The van der Waals surface area contributed by atoms with Crippen LogP contribution in [-0.2, 0) is 14.3 Å². The van der Waals surface area contributed by atoms with E-state index in [1.54, 1.807) is 6.92 Å².